The second kappa shape index (κ2) is 8.50. The molecule has 0 atom stereocenters. The van der Waals surface area contributed by atoms with E-state index in [1.54, 1.807) is 11.9 Å². The third-order valence-electron chi connectivity index (χ3n) is 3.72. The third kappa shape index (κ3) is 5.70. The van der Waals surface area contributed by atoms with Gasteiger partial charge < -0.3 is 10.2 Å². The molecule has 5 heteroatoms. The van der Waals surface area contributed by atoms with Crippen molar-refractivity contribution in [1.82, 2.24) is 4.90 Å². The Morgan fingerprint density at radius 1 is 1.08 bits per heavy atom. The van der Waals surface area contributed by atoms with Crippen LogP contribution in [-0.4, -0.2) is 23.8 Å². The number of amides is 2. The summed E-state index contributed by atoms with van der Waals surface area (Å²) in [5.41, 5.74) is 2.79. The van der Waals surface area contributed by atoms with E-state index < -0.39 is 0 Å². The number of rotatable bonds is 6. The first-order chi connectivity index (χ1) is 11.4. The molecule has 0 radical (unpaired) electrons. The van der Waals surface area contributed by atoms with Crippen LogP contribution < -0.4 is 5.32 Å². The van der Waals surface area contributed by atoms with Crippen molar-refractivity contribution in [2.24, 2.45) is 0 Å². The zero-order chi connectivity index (χ0) is 17.5. The molecule has 0 aliphatic carbocycles. The molecular weight excluding hydrogens is 324 g/mol. The quantitative estimate of drug-likeness (QED) is 0.864. The molecular formula is C19H21ClN2O2. The summed E-state index contributed by atoms with van der Waals surface area (Å²) in [4.78, 5) is 25.0. The number of nitrogens with one attached hydrogen (secondary N) is 1. The molecule has 0 saturated heterocycles. The van der Waals surface area contributed by atoms with Gasteiger partial charge >= 0.3 is 0 Å². The van der Waals surface area contributed by atoms with Crippen LogP contribution in [-0.2, 0) is 22.6 Å². The van der Waals surface area contributed by atoms with Crippen molar-refractivity contribution in [3.63, 3.8) is 0 Å². The van der Waals surface area contributed by atoms with E-state index in [4.69, 9.17) is 11.6 Å². The van der Waals surface area contributed by atoms with Gasteiger partial charge in [0.1, 0.15) is 0 Å². The maximum Gasteiger partial charge on any atom is 0.224 e. The van der Waals surface area contributed by atoms with E-state index in [9.17, 15) is 9.59 Å². The molecule has 0 fully saturated rings. The average Bonchev–Trinajstić information content (AvgIpc) is 2.54. The summed E-state index contributed by atoms with van der Waals surface area (Å²) in [5.74, 6) is -0.0329. The second-order valence-electron chi connectivity index (χ2n) is 5.75. The molecule has 0 spiro atoms. The van der Waals surface area contributed by atoms with Crippen LogP contribution in [0, 0.1) is 0 Å². The van der Waals surface area contributed by atoms with E-state index >= 15 is 0 Å². The average molecular weight is 345 g/mol. The number of aryl methyl sites for hydroxylation is 1. The van der Waals surface area contributed by atoms with E-state index in [0.717, 1.165) is 16.8 Å². The standard InChI is InChI=1S/C19H21ClN2O2/c1-14(23)22(2)13-16-4-3-5-18(12-16)21-19(24)11-8-15-6-9-17(20)10-7-15/h3-7,9-10,12H,8,11,13H2,1-2H3,(H,21,24). The Morgan fingerprint density at radius 2 is 1.79 bits per heavy atom. The molecule has 0 heterocycles. The van der Waals surface area contributed by atoms with E-state index in [1.165, 1.54) is 6.92 Å². The minimum atomic E-state index is -0.0398. The van der Waals surface area contributed by atoms with Gasteiger partial charge in [-0.1, -0.05) is 35.9 Å². The number of halogens is 1. The molecule has 2 amide bonds. The Bertz CT molecular complexity index is 714. The highest BCUT2D eigenvalue weighted by atomic mass is 35.5. The minimum Gasteiger partial charge on any atom is -0.342 e. The van der Waals surface area contributed by atoms with E-state index in [0.29, 0.717) is 24.4 Å². The summed E-state index contributed by atoms with van der Waals surface area (Å²) in [6, 6.07) is 15.0. The first-order valence-corrected chi connectivity index (χ1v) is 8.17. The Kier molecular flexibility index (Phi) is 6.38. The van der Waals surface area contributed by atoms with Crippen LogP contribution in [0.4, 0.5) is 5.69 Å². The first kappa shape index (κ1) is 18.0. The van der Waals surface area contributed by atoms with Gasteiger partial charge in [0.25, 0.3) is 0 Å². The number of carbonyl (C=O) groups excluding carboxylic acids is 2. The molecule has 2 aromatic carbocycles. The molecule has 24 heavy (non-hydrogen) atoms. The lowest BCUT2D eigenvalue weighted by atomic mass is 10.1. The summed E-state index contributed by atoms with van der Waals surface area (Å²) in [6.45, 7) is 2.05. The third-order valence-corrected chi connectivity index (χ3v) is 3.97. The zero-order valence-electron chi connectivity index (χ0n) is 13.9. The van der Waals surface area contributed by atoms with Gasteiger partial charge in [0.05, 0.1) is 0 Å². The van der Waals surface area contributed by atoms with Crippen molar-refractivity contribution in [3.05, 3.63) is 64.7 Å². The normalized spacial score (nSPS) is 10.3. The number of carbonyl (C=O) groups is 2. The Hall–Kier alpha value is -2.33. The molecule has 0 saturated carbocycles. The van der Waals surface area contributed by atoms with Crippen LogP contribution in [0.3, 0.4) is 0 Å². The smallest absolute Gasteiger partial charge is 0.224 e. The maximum absolute atomic E-state index is 12.1. The molecule has 0 aliphatic heterocycles. The fraction of sp³-hybridized carbons (Fsp3) is 0.263. The van der Waals surface area contributed by atoms with Crippen molar-refractivity contribution in [3.8, 4) is 0 Å². The summed E-state index contributed by atoms with van der Waals surface area (Å²) in [7, 11) is 1.75. The molecule has 2 rings (SSSR count). The van der Waals surface area contributed by atoms with E-state index in [2.05, 4.69) is 5.32 Å². The lowest BCUT2D eigenvalue weighted by Crippen LogP contribution is -2.23. The van der Waals surface area contributed by atoms with Gasteiger partial charge in [0.2, 0.25) is 11.8 Å². The predicted octanol–water partition coefficient (Wildman–Crippen LogP) is 3.89. The summed E-state index contributed by atoms with van der Waals surface area (Å²) in [6.07, 6.45) is 1.06. The van der Waals surface area contributed by atoms with Gasteiger partial charge in [-0.25, -0.2) is 0 Å². The van der Waals surface area contributed by atoms with Gasteiger partial charge in [0, 0.05) is 37.6 Å². The second-order valence-corrected chi connectivity index (χ2v) is 6.19. The van der Waals surface area contributed by atoms with Crippen LogP contribution in [0.5, 0.6) is 0 Å². The monoisotopic (exact) mass is 344 g/mol. The number of anilines is 1. The first-order valence-electron chi connectivity index (χ1n) is 7.79. The minimum absolute atomic E-state index is 0.00685. The maximum atomic E-state index is 12.1. The summed E-state index contributed by atoms with van der Waals surface area (Å²) >= 11 is 5.85. The number of nitrogens with zero attached hydrogens (tertiary/aromatic N) is 1. The van der Waals surface area contributed by atoms with Crippen molar-refractivity contribution in [2.75, 3.05) is 12.4 Å². The summed E-state index contributed by atoms with van der Waals surface area (Å²) < 4.78 is 0. The lowest BCUT2D eigenvalue weighted by Gasteiger charge is -2.15. The van der Waals surface area contributed by atoms with Crippen molar-refractivity contribution in [1.29, 1.82) is 0 Å². The Morgan fingerprint density at radius 3 is 2.46 bits per heavy atom. The zero-order valence-corrected chi connectivity index (χ0v) is 14.6. The number of hydrogen-bond acceptors (Lipinski definition) is 2. The van der Waals surface area contributed by atoms with Crippen LogP contribution in [0.25, 0.3) is 0 Å². The topological polar surface area (TPSA) is 49.4 Å². The largest absolute Gasteiger partial charge is 0.342 e. The van der Waals surface area contributed by atoms with Gasteiger partial charge in [-0.05, 0) is 41.8 Å². The molecule has 126 valence electrons. The van der Waals surface area contributed by atoms with Gasteiger partial charge in [-0.3, -0.25) is 9.59 Å². The summed E-state index contributed by atoms with van der Waals surface area (Å²) in [5, 5.41) is 3.59. The van der Waals surface area contributed by atoms with Gasteiger partial charge in [-0.15, -0.1) is 0 Å². The highest BCUT2D eigenvalue weighted by molar-refractivity contribution is 6.30. The molecule has 1 N–H and O–H groups in total. The molecule has 0 bridgehead atoms. The number of hydrogen-bond donors (Lipinski definition) is 1. The van der Waals surface area contributed by atoms with Crippen LogP contribution in [0.1, 0.15) is 24.5 Å². The molecule has 0 aliphatic rings. The lowest BCUT2D eigenvalue weighted by molar-refractivity contribution is -0.128. The van der Waals surface area contributed by atoms with Crippen LogP contribution >= 0.6 is 11.6 Å². The molecule has 4 nitrogen and oxygen atoms in total. The van der Waals surface area contributed by atoms with Crippen molar-refractivity contribution < 1.29 is 9.59 Å². The fourth-order valence-electron chi connectivity index (χ4n) is 2.27. The van der Waals surface area contributed by atoms with Crippen molar-refractivity contribution in [2.45, 2.75) is 26.3 Å². The van der Waals surface area contributed by atoms with Crippen molar-refractivity contribution >= 4 is 29.1 Å². The molecule has 0 unspecified atom stereocenters. The number of benzene rings is 2. The highest BCUT2D eigenvalue weighted by Gasteiger charge is 2.06. The molecule has 2 aromatic rings. The van der Waals surface area contributed by atoms with E-state index in [1.807, 2.05) is 48.5 Å². The fourth-order valence-corrected chi connectivity index (χ4v) is 2.39. The Balaban J connectivity index is 1.89. The van der Waals surface area contributed by atoms with Gasteiger partial charge in [0.15, 0.2) is 0 Å². The van der Waals surface area contributed by atoms with Crippen LogP contribution in [0.15, 0.2) is 48.5 Å². The predicted molar refractivity (Wildman–Crippen MR) is 97.0 cm³/mol. The molecule has 0 aromatic heterocycles. The van der Waals surface area contributed by atoms with Crippen LogP contribution in [0.2, 0.25) is 5.02 Å². The van der Waals surface area contributed by atoms with Gasteiger partial charge in [-0.2, -0.15) is 0 Å². The van der Waals surface area contributed by atoms with E-state index in [-0.39, 0.29) is 11.8 Å². The Labute approximate surface area is 147 Å². The highest BCUT2D eigenvalue weighted by Crippen LogP contribution is 2.14. The SMILES string of the molecule is CC(=O)N(C)Cc1cccc(NC(=O)CCc2ccc(Cl)cc2)c1.